The van der Waals surface area contributed by atoms with Gasteiger partial charge in [0, 0.05) is 11.0 Å². The van der Waals surface area contributed by atoms with Crippen molar-refractivity contribution in [1.82, 2.24) is 15.2 Å². The smallest absolute Gasteiger partial charge is 0.385 e. The highest BCUT2D eigenvalue weighted by Crippen LogP contribution is 2.09. The normalized spacial score (nSPS) is 11.4. The first-order valence-electron chi connectivity index (χ1n) is 3.52. The third-order valence-corrected chi connectivity index (χ3v) is 1.13. The van der Waals surface area contributed by atoms with E-state index >= 15 is 0 Å². The number of aliphatic hydroxyl groups excluding tert-OH is 1. The van der Waals surface area contributed by atoms with E-state index in [2.05, 4.69) is 15.2 Å². The maximum absolute atomic E-state index is 11.6. The van der Waals surface area contributed by atoms with Gasteiger partial charge in [-0.15, -0.1) is 9.79 Å². The molecule has 1 rings (SSSR count). The molecule has 1 heterocycles. The van der Waals surface area contributed by atoms with Crippen LogP contribution in [0.5, 0.6) is 0 Å². The van der Waals surface area contributed by atoms with Crippen molar-refractivity contribution in [2.24, 2.45) is 0 Å². The van der Waals surface area contributed by atoms with Crippen molar-refractivity contribution in [3.8, 4) is 0 Å². The molecule has 4 N–H and O–H groups in total. The molecule has 0 bridgehead atoms. The number of halogens is 1. The fourth-order valence-electron chi connectivity index (χ4n) is 0.616. The molecule has 0 radical (unpaired) electrons. The van der Waals surface area contributed by atoms with E-state index in [0.29, 0.717) is 5.82 Å². The molecule has 7 nitrogen and oxygen atoms in total. The van der Waals surface area contributed by atoms with Gasteiger partial charge in [-0.2, -0.15) is 5.10 Å². The highest BCUT2D eigenvalue weighted by molar-refractivity contribution is 7.30. The number of nitrogens with zero attached hydrogens (tertiary/aromatic N) is 2. The van der Waals surface area contributed by atoms with Crippen molar-refractivity contribution in [1.29, 1.82) is 0 Å². The number of aliphatic hydroxyl groups is 1. The number of H-pyrrole nitrogens is 1. The van der Waals surface area contributed by atoms with Crippen molar-refractivity contribution in [3.05, 3.63) is 12.2 Å². The third kappa shape index (κ3) is 6.55. The Labute approximate surface area is 79.6 Å². The first kappa shape index (κ1) is 13.1. The lowest BCUT2D eigenvalue weighted by molar-refractivity contribution is 0.147. The molecule has 0 spiro atoms. The van der Waals surface area contributed by atoms with E-state index in [4.69, 9.17) is 19.5 Å². The molecule has 14 heavy (non-hydrogen) atoms. The molecule has 0 fully saturated rings. The molecule has 0 aromatic carbocycles. The predicted octanol–water partition coefficient (Wildman–Crippen LogP) is -0.174. The summed E-state index contributed by atoms with van der Waals surface area (Å²) in [6.45, 7) is -0.554. The van der Waals surface area contributed by atoms with E-state index in [9.17, 15) is 4.39 Å². The van der Waals surface area contributed by atoms with Crippen molar-refractivity contribution in [2.45, 2.75) is 12.5 Å². The summed E-state index contributed by atoms with van der Waals surface area (Å²) in [6, 6.07) is 0. The number of nitrogens with one attached hydrogen (secondary N) is 1. The summed E-state index contributed by atoms with van der Waals surface area (Å²) in [6.07, 6.45) is 0.485. The molecule has 9 heteroatoms. The molecule has 0 saturated carbocycles. The molecule has 1 atom stereocenters. The SMILES string of the molecule is O=[P+](O)O.OC(CCF)c1ncn[nH]1. The number of hydrogen-bond acceptors (Lipinski definition) is 4. The quantitative estimate of drug-likeness (QED) is 0.531. The van der Waals surface area contributed by atoms with E-state index in [0.717, 1.165) is 0 Å². The summed E-state index contributed by atoms with van der Waals surface area (Å²) in [4.78, 5) is 17.9. The molecule has 1 unspecified atom stereocenters. The fourth-order valence-corrected chi connectivity index (χ4v) is 0.616. The van der Waals surface area contributed by atoms with Crippen LogP contribution in [-0.4, -0.2) is 36.7 Å². The summed E-state index contributed by atoms with van der Waals surface area (Å²) in [7, 11) is -2.87. The van der Waals surface area contributed by atoms with Gasteiger partial charge in [0.25, 0.3) is 0 Å². The summed E-state index contributed by atoms with van der Waals surface area (Å²) in [5.74, 6) is 0.317. The van der Waals surface area contributed by atoms with Crippen LogP contribution in [0.4, 0.5) is 4.39 Å². The summed E-state index contributed by atoms with van der Waals surface area (Å²) >= 11 is 0. The standard InChI is InChI=1S/C5H8FN3O.HO3P/c6-2-1-4(10)5-7-3-8-9-5;1-4(2)3/h3-4,10H,1-2H2,(H,7,8,9);(H-,1,2,3)/p+1. The summed E-state index contributed by atoms with van der Waals surface area (Å²) in [5.41, 5.74) is 0. The maximum Gasteiger partial charge on any atom is 0.692 e. The zero-order valence-electron chi connectivity index (χ0n) is 7.04. The van der Waals surface area contributed by atoms with E-state index in [-0.39, 0.29) is 6.42 Å². The average Bonchev–Trinajstić information content (AvgIpc) is 2.55. The second-order valence-electron chi connectivity index (χ2n) is 2.12. The minimum absolute atomic E-state index is 0.0647. The Morgan fingerprint density at radius 3 is 2.57 bits per heavy atom. The van der Waals surface area contributed by atoms with Crippen molar-refractivity contribution >= 4 is 8.25 Å². The topological polar surface area (TPSA) is 119 Å². The van der Waals surface area contributed by atoms with E-state index in [1.807, 2.05) is 0 Å². The Morgan fingerprint density at radius 1 is 1.64 bits per heavy atom. The second-order valence-corrected chi connectivity index (χ2v) is 2.62. The lowest BCUT2D eigenvalue weighted by Crippen LogP contribution is -2.00. The molecule has 80 valence electrons. The van der Waals surface area contributed by atoms with Crippen LogP contribution in [0, 0.1) is 0 Å². The van der Waals surface area contributed by atoms with Crippen molar-refractivity contribution in [2.75, 3.05) is 6.67 Å². The van der Waals surface area contributed by atoms with Crippen LogP contribution in [0.2, 0.25) is 0 Å². The first-order chi connectivity index (χ1) is 6.57. The molecular formula is C5H10FN3O4P+. The number of aromatic nitrogens is 3. The van der Waals surface area contributed by atoms with Gasteiger partial charge in [-0.3, -0.25) is 9.49 Å². The highest BCUT2D eigenvalue weighted by Gasteiger charge is 2.08. The van der Waals surface area contributed by atoms with Gasteiger partial charge >= 0.3 is 8.25 Å². The summed E-state index contributed by atoms with van der Waals surface area (Å²) in [5, 5.41) is 15.0. The Kier molecular flexibility index (Phi) is 6.95. The molecule has 0 aliphatic rings. The van der Waals surface area contributed by atoms with Gasteiger partial charge < -0.3 is 5.11 Å². The average molecular weight is 226 g/mol. The van der Waals surface area contributed by atoms with Gasteiger partial charge in [-0.05, 0) is 0 Å². The van der Waals surface area contributed by atoms with E-state index < -0.39 is 21.0 Å². The molecule has 1 aromatic rings. The van der Waals surface area contributed by atoms with Crippen LogP contribution >= 0.6 is 8.25 Å². The van der Waals surface area contributed by atoms with Crippen molar-refractivity contribution in [3.63, 3.8) is 0 Å². The van der Waals surface area contributed by atoms with Crippen LogP contribution in [0.1, 0.15) is 18.3 Å². The van der Waals surface area contributed by atoms with Crippen molar-refractivity contribution < 1.29 is 23.8 Å². The maximum atomic E-state index is 11.6. The number of alkyl halides is 1. The number of aromatic amines is 1. The molecular weight excluding hydrogens is 216 g/mol. The summed E-state index contributed by atoms with van der Waals surface area (Å²) < 4.78 is 20.3. The second kappa shape index (κ2) is 7.45. The van der Waals surface area contributed by atoms with Gasteiger partial charge in [-0.25, -0.2) is 4.98 Å². The predicted molar refractivity (Wildman–Crippen MR) is 44.0 cm³/mol. The van der Waals surface area contributed by atoms with Gasteiger partial charge in [0.15, 0.2) is 5.82 Å². The molecule has 0 aliphatic heterocycles. The fraction of sp³-hybridized carbons (Fsp3) is 0.600. The first-order valence-corrected chi connectivity index (χ1v) is 4.68. The van der Waals surface area contributed by atoms with Crippen LogP contribution < -0.4 is 0 Å². The Hall–Kier alpha value is -0.950. The minimum Gasteiger partial charge on any atom is -0.385 e. The lowest BCUT2D eigenvalue weighted by atomic mass is 10.3. The third-order valence-electron chi connectivity index (χ3n) is 1.13. The zero-order chi connectivity index (χ0) is 11.0. The molecule has 0 aliphatic carbocycles. The highest BCUT2D eigenvalue weighted by atomic mass is 31.1. The van der Waals surface area contributed by atoms with Gasteiger partial charge in [0.1, 0.15) is 12.4 Å². The molecule has 1 aromatic heterocycles. The van der Waals surface area contributed by atoms with Gasteiger partial charge in [-0.1, -0.05) is 0 Å². The Bertz CT molecular complexity index is 253. The number of hydrogen-bond donors (Lipinski definition) is 4. The minimum atomic E-state index is -2.87. The van der Waals surface area contributed by atoms with Gasteiger partial charge in [0.2, 0.25) is 0 Å². The zero-order valence-corrected chi connectivity index (χ0v) is 7.93. The lowest BCUT2D eigenvalue weighted by Gasteiger charge is -2.01. The largest absolute Gasteiger partial charge is 0.692 e. The van der Waals surface area contributed by atoms with E-state index in [1.54, 1.807) is 0 Å². The Balaban J connectivity index is 0.000000364. The number of rotatable bonds is 3. The van der Waals surface area contributed by atoms with Crippen LogP contribution in [0.15, 0.2) is 6.33 Å². The molecule has 0 saturated heterocycles. The van der Waals surface area contributed by atoms with Gasteiger partial charge in [0.05, 0.1) is 6.67 Å². The van der Waals surface area contributed by atoms with Crippen LogP contribution in [-0.2, 0) is 4.57 Å². The van der Waals surface area contributed by atoms with E-state index in [1.165, 1.54) is 6.33 Å². The van der Waals surface area contributed by atoms with Crippen LogP contribution in [0.3, 0.4) is 0 Å². The molecule has 0 amide bonds. The van der Waals surface area contributed by atoms with Crippen LogP contribution in [0.25, 0.3) is 0 Å². The monoisotopic (exact) mass is 226 g/mol. The Morgan fingerprint density at radius 2 is 2.21 bits per heavy atom.